The monoisotopic (exact) mass is 497 g/mol. The third kappa shape index (κ3) is 3.84. The van der Waals surface area contributed by atoms with Crippen LogP contribution in [0.4, 0.5) is 5.69 Å². The molecule has 29 heavy (non-hydrogen) atoms. The average molecular weight is 497 g/mol. The van der Waals surface area contributed by atoms with Crippen LogP contribution in [-0.2, 0) is 16.8 Å². The van der Waals surface area contributed by atoms with E-state index in [-0.39, 0.29) is 12.2 Å². The van der Waals surface area contributed by atoms with Gasteiger partial charge >= 0.3 is 0 Å². The summed E-state index contributed by atoms with van der Waals surface area (Å²) in [6.07, 6.45) is 0.396. The van der Waals surface area contributed by atoms with Crippen molar-refractivity contribution in [2.75, 3.05) is 11.4 Å². The lowest BCUT2D eigenvalue weighted by atomic mass is 9.88. The molecule has 3 aromatic carbocycles. The number of Topliss-reactive ketones (excluding diaryl/α,β-unsaturated/α-hetero) is 1. The van der Waals surface area contributed by atoms with Crippen LogP contribution < -0.4 is 4.90 Å². The van der Waals surface area contributed by atoms with Crippen LogP contribution in [0.1, 0.15) is 27.9 Å². The van der Waals surface area contributed by atoms with Gasteiger partial charge in [0.15, 0.2) is 11.4 Å². The van der Waals surface area contributed by atoms with Gasteiger partial charge in [0.2, 0.25) is 0 Å². The first-order chi connectivity index (χ1) is 14.0. The summed E-state index contributed by atoms with van der Waals surface area (Å²) in [5.41, 5.74) is 0.936. The molecule has 5 heteroatoms. The van der Waals surface area contributed by atoms with Crippen molar-refractivity contribution in [2.45, 2.75) is 18.4 Å². The highest BCUT2D eigenvalue weighted by Crippen LogP contribution is 2.42. The first-order valence-electron chi connectivity index (χ1n) is 9.45. The van der Waals surface area contributed by atoms with Gasteiger partial charge in [-0.15, -0.1) is 0 Å². The van der Waals surface area contributed by atoms with Crippen LogP contribution in [0.25, 0.3) is 0 Å². The molecule has 0 bridgehead atoms. The molecule has 0 unspecified atom stereocenters. The Morgan fingerprint density at radius 2 is 1.59 bits per heavy atom. The lowest BCUT2D eigenvalue weighted by molar-refractivity contribution is -0.135. The second-order valence-corrected chi connectivity index (χ2v) is 8.42. The molecule has 4 rings (SSSR count). The number of carbonyl (C=O) groups excluding carboxylic acids is 2. The summed E-state index contributed by atoms with van der Waals surface area (Å²) >= 11 is 2.17. The van der Waals surface area contributed by atoms with Gasteiger partial charge in [-0.25, -0.2) is 0 Å². The molecule has 3 aromatic rings. The zero-order chi connectivity index (χ0) is 20.4. The molecule has 1 aliphatic heterocycles. The molecule has 0 saturated carbocycles. The van der Waals surface area contributed by atoms with Gasteiger partial charge in [0.05, 0.1) is 12.1 Å². The highest BCUT2D eigenvalue weighted by molar-refractivity contribution is 14.1. The first kappa shape index (κ1) is 19.8. The standard InChI is InChI=1S/C24H20INO3/c25-19-12-10-18(11-13-19)22(27)16-24(29)20-8-4-5-9-21(20)26(23(24)28)15-14-17-6-2-1-3-7-17/h1-13,29H,14-16H2/t24-/m1/s1. The summed E-state index contributed by atoms with van der Waals surface area (Å²) in [5, 5.41) is 11.4. The number of fused-ring (bicyclic) bond motifs is 1. The smallest absolute Gasteiger partial charge is 0.264 e. The summed E-state index contributed by atoms with van der Waals surface area (Å²) in [7, 11) is 0. The Balaban J connectivity index is 1.60. The molecule has 0 aromatic heterocycles. The molecule has 146 valence electrons. The number of carbonyl (C=O) groups is 2. The number of rotatable bonds is 6. The maximum absolute atomic E-state index is 13.2. The molecular weight excluding hydrogens is 477 g/mol. The fourth-order valence-electron chi connectivity index (χ4n) is 3.76. The summed E-state index contributed by atoms with van der Waals surface area (Å²) < 4.78 is 1.02. The van der Waals surface area contributed by atoms with Crippen LogP contribution in [0.2, 0.25) is 0 Å². The van der Waals surface area contributed by atoms with Crippen molar-refractivity contribution >= 4 is 40.0 Å². The SMILES string of the molecule is O=C(C[C@]1(O)C(=O)N(CCc2ccccc2)c2ccccc21)c1ccc(I)cc1. The number of para-hydroxylation sites is 1. The van der Waals surface area contributed by atoms with E-state index >= 15 is 0 Å². The minimum atomic E-state index is -1.84. The molecule has 0 saturated heterocycles. The van der Waals surface area contributed by atoms with Crippen LogP contribution >= 0.6 is 22.6 Å². The number of benzene rings is 3. The molecular formula is C24H20INO3. The molecule has 4 nitrogen and oxygen atoms in total. The quantitative estimate of drug-likeness (QED) is 0.407. The van der Waals surface area contributed by atoms with Gasteiger partial charge in [0.1, 0.15) is 0 Å². The Morgan fingerprint density at radius 3 is 2.31 bits per heavy atom. The number of nitrogens with zero attached hydrogens (tertiary/aromatic N) is 1. The number of halogens is 1. The molecule has 1 heterocycles. The van der Waals surface area contributed by atoms with E-state index in [2.05, 4.69) is 22.6 Å². The fourth-order valence-corrected chi connectivity index (χ4v) is 4.11. The maximum atomic E-state index is 13.2. The summed E-state index contributed by atoms with van der Waals surface area (Å²) in [6.45, 7) is 0.444. The minimum Gasteiger partial charge on any atom is -0.375 e. The molecule has 1 aliphatic rings. The van der Waals surface area contributed by atoms with Crippen LogP contribution in [0.15, 0.2) is 78.9 Å². The van der Waals surface area contributed by atoms with Crippen molar-refractivity contribution in [3.05, 3.63) is 99.1 Å². The van der Waals surface area contributed by atoms with Crippen molar-refractivity contribution in [3.63, 3.8) is 0 Å². The van der Waals surface area contributed by atoms with Gasteiger partial charge < -0.3 is 10.0 Å². The van der Waals surface area contributed by atoms with E-state index in [1.54, 1.807) is 29.2 Å². The van der Waals surface area contributed by atoms with Gasteiger partial charge in [-0.3, -0.25) is 9.59 Å². The molecule has 0 fully saturated rings. The molecule has 0 spiro atoms. The first-order valence-corrected chi connectivity index (χ1v) is 10.5. The average Bonchev–Trinajstić information content (AvgIpc) is 2.95. The second-order valence-electron chi connectivity index (χ2n) is 7.18. The third-order valence-electron chi connectivity index (χ3n) is 5.29. The van der Waals surface area contributed by atoms with Crippen molar-refractivity contribution in [3.8, 4) is 0 Å². The predicted molar refractivity (Wildman–Crippen MR) is 121 cm³/mol. The Labute approximate surface area is 183 Å². The van der Waals surface area contributed by atoms with Crippen LogP contribution in [0.3, 0.4) is 0 Å². The molecule has 0 radical (unpaired) electrons. The number of aliphatic hydroxyl groups is 1. The number of hydrogen-bond donors (Lipinski definition) is 1. The molecule has 1 atom stereocenters. The van der Waals surface area contributed by atoms with Crippen molar-refractivity contribution in [2.24, 2.45) is 0 Å². The lowest BCUT2D eigenvalue weighted by Gasteiger charge is -2.23. The predicted octanol–water partition coefficient (Wildman–Crippen LogP) is 4.34. The van der Waals surface area contributed by atoms with E-state index in [0.29, 0.717) is 29.8 Å². The maximum Gasteiger partial charge on any atom is 0.264 e. The van der Waals surface area contributed by atoms with E-state index in [4.69, 9.17) is 0 Å². The number of amides is 1. The number of hydrogen-bond acceptors (Lipinski definition) is 3. The molecule has 1 N–H and O–H groups in total. The lowest BCUT2D eigenvalue weighted by Crippen LogP contribution is -2.42. The minimum absolute atomic E-state index is 0.253. The zero-order valence-corrected chi connectivity index (χ0v) is 17.9. The highest BCUT2D eigenvalue weighted by atomic mass is 127. The number of anilines is 1. The Kier molecular flexibility index (Phi) is 5.52. The second kappa shape index (κ2) is 8.08. The topological polar surface area (TPSA) is 57.6 Å². The van der Waals surface area contributed by atoms with Crippen LogP contribution in [-0.4, -0.2) is 23.3 Å². The van der Waals surface area contributed by atoms with Crippen molar-refractivity contribution in [1.29, 1.82) is 0 Å². The largest absolute Gasteiger partial charge is 0.375 e. The Hall–Kier alpha value is -2.51. The van der Waals surface area contributed by atoms with E-state index in [9.17, 15) is 14.7 Å². The molecule has 0 aliphatic carbocycles. The van der Waals surface area contributed by atoms with Gasteiger partial charge in [0, 0.05) is 21.2 Å². The van der Waals surface area contributed by atoms with Gasteiger partial charge in [-0.2, -0.15) is 0 Å². The van der Waals surface area contributed by atoms with E-state index in [1.165, 1.54) is 0 Å². The van der Waals surface area contributed by atoms with E-state index < -0.39 is 11.5 Å². The van der Waals surface area contributed by atoms with Crippen LogP contribution in [0.5, 0.6) is 0 Å². The van der Waals surface area contributed by atoms with Crippen molar-refractivity contribution < 1.29 is 14.7 Å². The van der Waals surface area contributed by atoms with E-state index in [1.807, 2.05) is 54.6 Å². The number of ketones is 1. The fraction of sp³-hybridized carbons (Fsp3) is 0.167. The third-order valence-corrected chi connectivity index (χ3v) is 6.01. The van der Waals surface area contributed by atoms with Gasteiger partial charge in [-0.1, -0.05) is 60.7 Å². The summed E-state index contributed by atoms with van der Waals surface area (Å²) in [4.78, 5) is 27.7. The summed E-state index contributed by atoms with van der Waals surface area (Å²) in [6, 6.07) is 24.2. The highest BCUT2D eigenvalue weighted by Gasteiger charge is 2.50. The van der Waals surface area contributed by atoms with Crippen molar-refractivity contribution in [1.82, 2.24) is 0 Å². The molecule has 1 amide bonds. The Bertz CT molecular complexity index is 1050. The van der Waals surface area contributed by atoms with Gasteiger partial charge in [-0.05, 0) is 52.8 Å². The normalized spacial score (nSPS) is 18.0. The summed E-state index contributed by atoms with van der Waals surface area (Å²) in [5.74, 6) is -0.689. The van der Waals surface area contributed by atoms with E-state index in [0.717, 1.165) is 9.13 Å². The zero-order valence-electron chi connectivity index (χ0n) is 15.7. The van der Waals surface area contributed by atoms with Gasteiger partial charge in [0.25, 0.3) is 5.91 Å². The Morgan fingerprint density at radius 1 is 0.931 bits per heavy atom. The van der Waals surface area contributed by atoms with Crippen LogP contribution in [0, 0.1) is 3.57 Å².